The number of methoxy groups -OCH3 is 1. The second-order valence-electron chi connectivity index (χ2n) is 4.03. The quantitative estimate of drug-likeness (QED) is 0.898. The van der Waals surface area contributed by atoms with Crippen molar-refractivity contribution in [3.63, 3.8) is 0 Å². The van der Waals surface area contributed by atoms with Crippen LogP contribution in [0.15, 0.2) is 30.6 Å². The number of rotatable bonds is 5. The molecule has 0 aliphatic rings. The summed E-state index contributed by atoms with van der Waals surface area (Å²) in [5.41, 5.74) is 1.31. The van der Waals surface area contributed by atoms with Crippen molar-refractivity contribution in [3.8, 4) is 17.0 Å². The molecule has 0 bridgehead atoms. The third-order valence-corrected chi connectivity index (χ3v) is 2.67. The number of halogens is 1. The van der Waals surface area contributed by atoms with Crippen LogP contribution in [0.3, 0.4) is 0 Å². The maximum atomic E-state index is 13.7. The van der Waals surface area contributed by atoms with Crippen molar-refractivity contribution < 1.29 is 9.13 Å². The first-order chi connectivity index (χ1) is 9.26. The molecule has 0 unspecified atom stereocenters. The SMILES string of the molecule is CCCNc1nccnc1-c1ccc(OC)c(F)c1. The van der Waals surface area contributed by atoms with Crippen LogP contribution in [-0.4, -0.2) is 23.6 Å². The van der Waals surface area contributed by atoms with E-state index in [0.29, 0.717) is 17.1 Å². The summed E-state index contributed by atoms with van der Waals surface area (Å²) < 4.78 is 18.6. The van der Waals surface area contributed by atoms with E-state index in [1.54, 1.807) is 24.5 Å². The Balaban J connectivity index is 2.38. The fraction of sp³-hybridized carbons (Fsp3) is 0.286. The maximum Gasteiger partial charge on any atom is 0.165 e. The number of hydrogen-bond donors (Lipinski definition) is 1. The van der Waals surface area contributed by atoms with Crippen LogP contribution in [0.25, 0.3) is 11.3 Å². The van der Waals surface area contributed by atoms with E-state index < -0.39 is 5.82 Å². The average molecular weight is 261 g/mol. The lowest BCUT2D eigenvalue weighted by Gasteiger charge is -2.10. The van der Waals surface area contributed by atoms with Gasteiger partial charge in [-0.25, -0.2) is 9.37 Å². The molecule has 0 atom stereocenters. The Bertz CT molecular complexity index is 560. The first kappa shape index (κ1) is 13.3. The summed E-state index contributed by atoms with van der Waals surface area (Å²) in [6.07, 6.45) is 4.18. The zero-order chi connectivity index (χ0) is 13.7. The van der Waals surface area contributed by atoms with E-state index >= 15 is 0 Å². The maximum absolute atomic E-state index is 13.7. The fourth-order valence-corrected chi connectivity index (χ4v) is 1.74. The third-order valence-electron chi connectivity index (χ3n) is 2.67. The van der Waals surface area contributed by atoms with Gasteiger partial charge in [0.25, 0.3) is 0 Å². The minimum atomic E-state index is -0.410. The van der Waals surface area contributed by atoms with E-state index in [0.717, 1.165) is 13.0 Å². The van der Waals surface area contributed by atoms with E-state index in [1.807, 2.05) is 0 Å². The summed E-state index contributed by atoms with van der Waals surface area (Å²) in [7, 11) is 1.44. The lowest BCUT2D eigenvalue weighted by atomic mass is 10.1. The Morgan fingerprint density at radius 2 is 2.05 bits per heavy atom. The van der Waals surface area contributed by atoms with Crippen molar-refractivity contribution in [2.45, 2.75) is 13.3 Å². The molecule has 0 aliphatic heterocycles. The van der Waals surface area contributed by atoms with Crippen LogP contribution in [-0.2, 0) is 0 Å². The Kier molecular flexibility index (Phi) is 4.28. The molecule has 0 aliphatic carbocycles. The Labute approximate surface area is 111 Å². The minimum Gasteiger partial charge on any atom is -0.494 e. The highest BCUT2D eigenvalue weighted by molar-refractivity contribution is 5.71. The third kappa shape index (κ3) is 2.99. The van der Waals surface area contributed by atoms with Crippen molar-refractivity contribution in [2.75, 3.05) is 19.0 Å². The van der Waals surface area contributed by atoms with Gasteiger partial charge in [0, 0.05) is 24.5 Å². The van der Waals surface area contributed by atoms with Gasteiger partial charge in [-0.3, -0.25) is 4.98 Å². The van der Waals surface area contributed by atoms with Crippen molar-refractivity contribution in [3.05, 3.63) is 36.4 Å². The highest BCUT2D eigenvalue weighted by atomic mass is 19.1. The van der Waals surface area contributed by atoms with E-state index in [2.05, 4.69) is 22.2 Å². The van der Waals surface area contributed by atoms with Crippen LogP contribution in [0, 0.1) is 5.82 Å². The lowest BCUT2D eigenvalue weighted by Crippen LogP contribution is -2.04. The molecule has 0 fully saturated rings. The van der Waals surface area contributed by atoms with Crippen LogP contribution in [0.4, 0.5) is 10.2 Å². The van der Waals surface area contributed by atoms with Crippen LogP contribution in [0.5, 0.6) is 5.75 Å². The normalized spacial score (nSPS) is 10.3. The van der Waals surface area contributed by atoms with Crippen LogP contribution >= 0.6 is 0 Å². The molecule has 0 radical (unpaired) electrons. The number of hydrogen-bond acceptors (Lipinski definition) is 4. The largest absolute Gasteiger partial charge is 0.494 e. The number of aromatic nitrogens is 2. The summed E-state index contributed by atoms with van der Waals surface area (Å²) >= 11 is 0. The molecule has 0 amide bonds. The van der Waals surface area contributed by atoms with Gasteiger partial charge in [0.15, 0.2) is 17.4 Å². The van der Waals surface area contributed by atoms with Crippen LogP contribution < -0.4 is 10.1 Å². The van der Waals surface area contributed by atoms with Crippen molar-refractivity contribution in [1.29, 1.82) is 0 Å². The number of ether oxygens (including phenoxy) is 1. The molecule has 1 aromatic heterocycles. The molecule has 19 heavy (non-hydrogen) atoms. The predicted molar refractivity (Wildman–Crippen MR) is 72.8 cm³/mol. The summed E-state index contributed by atoms with van der Waals surface area (Å²) in [5, 5.41) is 3.18. The molecule has 5 heteroatoms. The molecule has 1 heterocycles. The van der Waals surface area contributed by atoms with Gasteiger partial charge in [-0.05, 0) is 24.6 Å². The van der Waals surface area contributed by atoms with Crippen molar-refractivity contribution in [2.24, 2.45) is 0 Å². The minimum absolute atomic E-state index is 0.218. The van der Waals surface area contributed by atoms with Gasteiger partial charge in [0.2, 0.25) is 0 Å². The number of anilines is 1. The second-order valence-corrected chi connectivity index (χ2v) is 4.03. The molecule has 4 nitrogen and oxygen atoms in total. The van der Waals surface area contributed by atoms with Crippen LogP contribution in [0.2, 0.25) is 0 Å². The molecule has 1 N–H and O–H groups in total. The predicted octanol–water partition coefficient (Wildman–Crippen LogP) is 3.11. The van der Waals surface area contributed by atoms with E-state index in [9.17, 15) is 4.39 Å². The number of benzene rings is 1. The summed E-state index contributed by atoms with van der Waals surface area (Å²) in [4.78, 5) is 8.50. The van der Waals surface area contributed by atoms with Crippen molar-refractivity contribution in [1.82, 2.24) is 9.97 Å². The number of nitrogens with one attached hydrogen (secondary N) is 1. The Morgan fingerprint density at radius 3 is 2.74 bits per heavy atom. The van der Waals surface area contributed by atoms with E-state index in [-0.39, 0.29) is 5.75 Å². The molecule has 0 spiro atoms. The average Bonchev–Trinajstić information content (AvgIpc) is 2.45. The monoisotopic (exact) mass is 261 g/mol. The summed E-state index contributed by atoms with van der Waals surface area (Å²) in [5.74, 6) is 0.469. The smallest absolute Gasteiger partial charge is 0.165 e. The molecule has 100 valence electrons. The first-order valence-corrected chi connectivity index (χ1v) is 6.15. The van der Waals surface area contributed by atoms with Crippen LogP contribution in [0.1, 0.15) is 13.3 Å². The van der Waals surface area contributed by atoms with Gasteiger partial charge in [0.05, 0.1) is 7.11 Å². The highest BCUT2D eigenvalue weighted by Crippen LogP contribution is 2.27. The van der Waals surface area contributed by atoms with Gasteiger partial charge in [-0.1, -0.05) is 6.92 Å². The topological polar surface area (TPSA) is 47.0 Å². The second kappa shape index (κ2) is 6.13. The van der Waals surface area contributed by atoms with Gasteiger partial charge in [0.1, 0.15) is 5.69 Å². The molecule has 0 saturated carbocycles. The van der Waals surface area contributed by atoms with Crippen molar-refractivity contribution >= 4 is 5.82 Å². The zero-order valence-electron chi connectivity index (χ0n) is 11.0. The highest BCUT2D eigenvalue weighted by Gasteiger charge is 2.10. The molecule has 2 rings (SSSR count). The fourth-order valence-electron chi connectivity index (χ4n) is 1.74. The molecular weight excluding hydrogens is 245 g/mol. The first-order valence-electron chi connectivity index (χ1n) is 6.15. The molecular formula is C14H16FN3O. The summed E-state index contributed by atoms with van der Waals surface area (Å²) in [6, 6.07) is 4.76. The Hall–Kier alpha value is -2.17. The van der Waals surface area contributed by atoms with Gasteiger partial charge in [-0.15, -0.1) is 0 Å². The van der Waals surface area contributed by atoms with E-state index in [1.165, 1.54) is 13.2 Å². The van der Waals surface area contributed by atoms with E-state index in [4.69, 9.17) is 4.74 Å². The van der Waals surface area contributed by atoms with Gasteiger partial charge >= 0.3 is 0 Å². The van der Waals surface area contributed by atoms with Gasteiger partial charge < -0.3 is 10.1 Å². The Morgan fingerprint density at radius 1 is 1.26 bits per heavy atom. The molecule has 2 aromatic rings. The standard InChI is InChI=1S/C14H16FN3O/c1-3-6-17-14-13(16-7-8-18-14)10-4-5-12(19-2)11(15)9-10/h4-5,7-9H,3,6H2,1-2H3,(H,17,18). The molecule has 1 aromatic carbocycles. The van der Waals surface area contributed by atoms with Gasteiger partial charge in [-0.2, -0.15) is 0 Å². The summed E-state index contributed by atoms with van der Waals surface area (Å²) in [6.45, 7) is 2.86. The number of nitrogens with zero attached hydrogens (tertiary/aromatic N) is 2. The zero-order valence-corrected chi connectivity index (χ0v) is 11.0. The molecule has 0 saturated heterocycles. The lowest BCUT2D eigenvalue weighted by molar-refractivity contribution is 0.386.